The second-order valence-corrected chi connectivity index (χ2v) is 5.07. The summed E-state index contributed by atoms with van der Waals surface area (Å²) < 4.78 is 1.71. The molecule has 0 bridgehead atoms. The summed E-state index contributed by atoms with van der Waals surface area (Å²) in [4.78, 5) is 28.7. The molecule has 1 aromatic carbocycles. The summed E-state index contributed by atoms with van der Waals surface area (Å²) in [5.74, 6) is -0.861. The van der Waals surface area contributed by atoms with Crippen molar-refractivity contribution < 1.29 is 9.59 Å². The Bertz CT molecular complexity index is 677. The second-order valence-electron chi connectivity index (χ2n) is 5.07. The summed E-state index contributed by atoms with van der Waals surface area (Å²) in [6, 6.07) is 5.78. The number of Topliss-reactive ketones (excluding diaryl/α,β-unsaturated/α-hetero) is 2. The van der Waals surface area contributed by atoms with Crippen molar-refractivity contribution in [2.75, 3.05) is 0 Å². The Morgan fingerprint density at radius 3 is 2.89 bits per heavy atom. The molecule has 0 aliphatic heterocycles. The van der Waals surface area contributed by atoms with Gasteiger partial charge in [-0.05, 0) is 25.0 Å². The lowest BCUT2D eigenvalue weighted by Gasteiger charge is -2.03. The highest BCUT2D eigenvalue weighted by molar-refractivity contribution is 6.18. The minimum absolute atomic E-state index is 0.0747. The third-order valence-corrected chi connectivity index (χ3v) is 3.55. The normalized spacial score (nSPS) is 17.6. The molecule has 4 nitrogen and oxygen atoms in total. The van der Waals surface area contributed by atoms with Crippen molar-refractivity contribution in [2.24, 2.45) is 13.0 Å². The lowest BCUT2D eigenvalue weighted by atomic mass is 9.98. The summed E-state index contributed by atoms with van der Waals surface area (Å²) in [7, 11) is 1.80. The predicted octanol–water partition coefficient (Wildman–Crippen LogP) is 1.97. The van der Waals surface area contributed by atoms with Crippen LogP contribution in [-0.2, 0) is 13.5 Å². The highest BCUT2D eigenvalue weighted by Crippen LogP contribution is 2.29. The van der Waals surface area contributed by atoms with Crippen LogP contribution in [0.3, 0.4) is 0 Å². The van der Waals surface area contributed by atoms with Crippen LogP contribution in [0.15, 0.2) is 30.7 Å². The molecule has 1 aliphatic rings. The molecular formula is C15H14N2O2. The van der Waals surface area contributed by atoms with Gasteiger partial charge in [0.15, 0.2) is 11.6 Å². The summed E-state index contributed by atoms with van der Waals surface area (Å²) in [5, 5.41) is 0. The first kappa shape index (κ1) is 11.8. The van der Waals surface area contributed by atoms with E-state index in [4.69, 9.17) is 0 Å². The Labute approximate surface area is 111 Å². The molecule has 2 aromatic rings. The Kier molecular flexibility index (Phi) is 2.59. The Hall–Kier alpha value is -2.23. The molecule has 0 spiro atoms. The van der Waals surface area contributed by atoms with E-state index >= 15 is 0 Å². The van der Waals surface area contributed by atoms with Crippen molar-refractivity contribution in [3.63, 3.8) is 0 Å². The number of ketones is 2. The van der Waals surface area contributed by atoms with Crippen LogP contribution in [0, 0.1) is 12.8 Å². The average molecular weight is 254 g/mol. The zero-order valence-electron chi connectivity index (χ0n) is 10.9. The van der Waals surface area contributed by atoms with Crippen molar-refractivity contribution in [3.05, 3.63) is 53.1 Å². The number of carbonyl (C=O) groups excluding carboxylic acids is 2. The average Bonchev–Trinajstić information content (AvgIpc) is 2.94. The number of hydrogen-bond acceptors (Lipinski definition) is 3. The first-order valence-electron chi connectivity index (χ1n) is 6.22. The maximum absolute atomic E-state index is 12.3. The number of imidazole rings is 1. The summed E-state index contributed by atoms with van der Waals surface area (Å²) in [6.07, 6.45) is 3.72. The van der Waals surface area contributed by atoms with Gasteiger partial charge in [0.25, 0.3) is 0 Å². The van der Waals surface area contributed by atoms with Crippen LogP contribution in [0.4, 0.5) is 0 Å². The zero-order chi connectivity index (χ0) is 13.6. The highest BCUT2D eigenvalue weighted by Gasteiger charge is 2.36. The molecule has 0 saturated carbocycles. The third kappa shape index (κ3) is 1.89. The molecule has 1 aromatic heterocycles. The van der Waals surface area contributed by atoms with Crippen molar-refractivity contribution in [1.82, 2.24) is 9.55 Å². The van der Waals surface area contributed by atoms with Crippen LogP contribution in [0.1, 0.15) is 32.0 Å². The van der Waals surface area contributed by atoms with Gasteiger partial charge in [0.1, 0.15) is 5.69 Å². The van der Waals surface area contributed by atoms with Gasteiger partial charge in [-0.2, -0.15) is 0 Å². The Morgan fingerprint density at radius 1 is 1.42 bits per heavy atom. The molecule has 0 N–H and O–H groups in total. The molecule has 0 fully saturated rings. The van der Waals surface area contributed by atoms with Gasteiger partial charge < -0.3 is 4.57 Å². The van der Waals surface area contributed by atoms with Gasteiger partial charge in [-0.3, -0.25) is 9.59 Å². The first-order chi connectivity index (χ1) is 9.06. The van der Waals surface area contributed by atoms with Gasteiger partial charge in [0, 0.05) is 18.8 Å². The van der Waals surface area contributed by atoms with Gasteiger partial charge in [-0.1, -0.05) is 17.7 Å². The van der Waals surface area contributed by atoms with E-state index in [9.17, 15) is 9.59 Å². The smallest absolute Gasteiger partial charge is 0.193 e. The number of aryl methyl sites for hydroxylation is 2. The number of fused-ring (bicyclic) bond motifs is 1. The summed E-state index contributed by atoms with van der Waals surface area (Å²) in [6.45, 7) is 1.95. The van der Waals surface area contributed by atoms with Gasteiger partial charge in [-0.25, -0.2) is 4.98 Å². The van der Waals surface area contributed by atoms with Gasteiger partial charge >= 0.3 is 0 Å². The standard InChI is InChI=1S/C15H14N2O2/c1-9-3-4-10-6-12(14(18)11(10)5-9)15(19)13-7-17(2)8-16-13/h3-5,7-8,12H,6H2,1-2H3. The van der Waals surface area contributed by atoms with Gasteiger partial charge in [-0.15, -0.1) is 0 Å². The van der Waals surface area contributed by atoms with Crippen LogP contribution in [-0.4, -0.2) is 21.1 Å². The summed E-state index contributed by atoms with van der Waals surface area (Å²) >= 11 is 0. The molecule has 96 valence electrons. The molecular weight excluding hydrogens is 240 g/mol. The highest BCUT2D eigenvalue weighted by atomic mass is 16.2. The second kappa shape index (κ2) is 4.16. The summed E-state index contributed by atoms with van der Waals surface area (Å²) in [5.41, 5.74) is 3.06. The Balaban J connectivity index is 1.94. The first-order valence-corrected chi connectivity index (χ1v) is 6.22. The molecule has 0 saturated heterocycles. The van der Waals surface area contributed by atoms with Crippen molar-refractivity contribution in [2.45, 2.75) is 13.3 Å². The van der Waals surface area contributed by atoms with Gasteiger partial charge in [0.2, 0.25) is 0 Å². The molecule has 1 aliphatic carbocycles. The zero-order valence-corrected chi connectivity index (χ0v) is 10.9. The molecule has 4 heteroatoms. The maximum Gasteiger partial charge on any atom is 0.193 e. The number of rotatable bonds is 2. The van der Waals surface area contributed by atoms with E-state index in [-0.39, 0.29) is 11.6 Å². The van der Waals surface area contributed by atoms with E-state index in [1.807, 2.05) is 25.1 Å². The van der Waals surface area contributed by atoms with Crippen molar-refractivity contribution in [1.29, 1.82) is 0 Å². The molecule has 19 heavy (non-hydrogen) atoms. The molecule has 0 amide bonds. The van der Waals surface area contributed by atoms with Gasteiger partial charge in [0.05, 0.1) is 12.2 Å². The Morgan fingerprint density at radius 2 is 2.21 bits per heavy atom. The lowest BCUT2D eigenvalue weighted by Crippen LogP contribution is -2.21. The third-order valence-electron chi connectivity index (χ3n) is 3.55. The predicted molar refractivity (Wildman–Crippen MR) is 70.2 cm³/mol. The van der Waals surface area contributed by atoms with E-state index in [0.717, 1.165) is 11.1 Å². The van der Waals surface area contributed by atoms with E-state index < -0.39 is 5.92 Å². The molecule has 3 rings (SSSR count). The fraction of sp³-hybridized carbons (Fsp3) is 0.267. The maximum atomic E-state index is 12.3. The minimum atomic E-state index is -0.605. The quantitative estimate of drug-likeness (QED) is 0.608. The van der Waals surface area contributed by atoms with E-state index in [1.54, 1.807) is 24.1 Å². The van der Waals surface area contributed by atoms with Crippen LogP contribution in [0.5, 0.6) is 0 Å². The van der Waals surface area contributed by atoms with Crippen LogP contribution < -0.4 is 0 Å². The molecule has 0 radical (unpaired) electrons. The molecule has 1 atom stereocenters. The van der Waals surface area contributed by atoms with E-state index in [0.29, 0.717) is 17.7 Å². The molecule has 1 unspecified atom stereocenters. The topological polar surface area (TPSA) is 52.0 Å². The fourth-order valence-corrected chi connectivity index (χ4v) is 2.53. The van der Waals surface area contributed by atoms with Crippen LogP contribution in [0.25, 0.3) is 0 Å². The SMILES string of the molecule is Cc1ccc2c(c1)C(=O)C(C(=O)c1cn(C)cn1)C2. The molecule has 1 heterocycles. The van der Waals surface area contributed by atoms with E-state index in [1.165, 1.54) is 0 Å². The number of nitrogens with zero attached hydrogens (tertiary/aromatic N) is 2. The van der Waals surface area contributed by atoms with Crippen molar-refractivity contribution >= 4 is 11.6 Å². The minimum Gasteiger partial charge on any atom is -0.340 e. The number of benzene rings is 1. The largest absolute Gasteiger partial charge is 0.340 e. The lowest BCUT2D eigenvalue weighted by molar-refractivity contribution is 0.0819. The van der Waals surface area contributed by atoms with E-state index in [2.05, 4.69) is 4.98 Å². The number of aromatic nitrogens is 2. The number of hydrogen-bond donors (Lipinski definition) is 0. The van der Waals surface area contributed by atoms with Crippen LogP contribution >= 0.6 is 0 Å². The van der Waals surface area contributed by atoms with Crippen LogP contribution in [0.2, 0.25) is 0 Å². The number of carbonyl (C=O) groups is 2. The van der Waals surface area contributed by atoms with Crippen molar-refractivity contribution in [3.8, 4) is 0 Å². The monoisotopic (exact) mass is 254 g/mol. The fourth-order valence-electron chi connectivity index (χ4n) is 2.53.